The van der Waals surface area contributed by atoms with Crippen molar-refractivity contribution in [2.45, 2.75) is 25.4 Å². The van der Waals surface area contributed by atoms with Crippen LogP contribution in [-0.4, -0.2) is 53.0 Å². The van der Waals surface area contributed by atoms with Crippen LogP contribution < -0.4 is 11.3 Å². The summed E-state index contributed by atoms with van der Waals surface area (Å²) in [6.45, 7) is 1.24. The number of nitrogens with one attached hydrogen (secondary N) is 1. The summed E-state index contributed by atoms with van der Waals surface area (Å²) in [5.74, 6) is -0.848. The van der Waals surface area contributed by atoms with Crippen LogP contribution in [0.5, 0.6) is 0 Å². The Morgan fingerprint density at radius 2 is 2.22 bits per heavy atom. The Labute approximate surface area is 151 Å². The Morgan fingerprint density at radius 1 is 1.52 bits per heavy atom. The largest absolute Gasteiger partial charge is 0.694 e. The predicted octanol–water partition coefficient (Wildman–Crippen LogP) is -0.621. The average molecular weight is 424 g/mol. The van der Waals surface area contributed by atoms with Crippen LogP contribution in [0.1, 0.15) is 13.2 Å². The quantitative estimate of drug-likeness (QED) is 0.367. The normalized spacial score (nSPS) is 26.6. The molecule has 0 bridgehead atoms. The minimum absolute atomic E-state index is 0.0163. The van der Waals surface area contributed by atoms with E-state index in [2.05, 4.69) is 19.5 Å². The molecular weight excluding hydrogens is 408 g/mol. The average Bonchev–Trinajstić information content (AvgIpc) is 3.07. The summed E-state index contributed by atoms with van der Waals surface area (Å²) in [5.41, 5.74) is 4.89. The molecule has 0 saturated carbocycles. The first kappa shape index (κ1) is 20.0. The number of imidazole rings is 1. The van der Waals surface area contributed by atoms with E-state index in [1.165, 1.54) is 10.9 Å². The third-order valence-electron chi connectivity index (χ3n) is 4.03. The summed E-state index contributed by atoms with van der Waals surface area (Å²) in [5, 5.41) is 0. The number of ether oxygens (including phenoxy) is 1. The zero-order valence-corrected chi connectivity index (χ0v) is 15.5. The van der Waals surface area contributed by atoms with E-state index in [-0.39, 0.29) is 23.7 Å². The van der Waals surface area contributed by atoms with Gasteiger partial charge in [-0.05, 0) is 0 Å². The number of fused-ring (bicyclic) bond motifs is 1. The molecule has 6 N–H and O–H groups in total. The van der Waals surface area contributed by atoms with Crippen LogP contribution in [0.2, 0.25) is 0 Å². The van der Waals surface area contributed by atoms with E-state index in [1.54, 1.807) is 6.92 Å². The Kier molecular flexibility index (Phi) is 5.43. The molecule has 2 aromatic rings. The second-order valence-corrected chi connectivity index (χ2v) is 7.72. The number of nitrogen functional groups attached to an aromatic ring is 1. The van der Waals surface area contributed by atoms with Gasteiger partial charge in [-0.15, -0.1) is 9.42 Å². The smallest absolute Gasteiger partial charge is 0.369 e. The maximum Gasteiger partial charge on any atom is 0.694 e. The number of phosphoric ester groups is 1. The first-order chi connectivity index (χ1) is 12.6. The maximum absolute atomic E-state index is 11.9. The molecule has 1 aliphatic heterocycles. The molecular formula is C11H16N5O9P2+. The number of nitrogens with two attached hydrogens (primary N) is 1. The van der Waals surface area contributed by atoms with Gasteiger partial charge in [-0.25, -0.2) is 9.55 Å². The molecule has 148 valence electrons. The van der Waals surface area contributed by atoms with Gasteiger partial charge in [0.2, 0.25) is 5.95 Å². The van der Waals surface area contributed by atoms with Crippen LogP contribution in [0.3, 0.4) is 0 Å². The van der Waals surface area contributed by atoms with Gasteiger partial charge < -0.3 is 20.3 Å². The predicted molar refractivity (Wildman–Crippen MR) is 88.3 cm³/mol. The first-order valence-electron chi connectivity index (χ1n) is 7.47. The summed E-state index contributed by atoms with van der Waals surface area (Å²) in [7, 11) is -7.80. The molecule has 3 rings (SSSR count). The molecule has 0 radical (unpaired) electrons. The third kappa shape index (κ3) is 4.23. The highest BCUT2D eigenvalue weighted by atomic mass is 31.2. The Morgan fingerprint density at radius 3 is 2.85 bits per heavy atom. The topological polar surface area (TPSA) is 212 Å². The van der Waals surface area contributed by atoms with E-state index < -0.39 is 46.0 Å². The molecule has 2 aromatic heterocycles. The number of hydrogen-bond acceptors (Lipinski definition) is 9. The molecule has 5 atom stereocenters. The Hall–Kier alpha value is -1.76. The lowest BCUT2D eigenvalue weighted by Gasteiger charge is -2.22. The zero-order valence-electron chi connectivity index (χ0n) is 13.7. The highest BCUT2D eigenvalue weighted by molar-refractivity contribution is 7.46. The third-order valence-corrected chi connectivity index (χ3v) is 4.92. The SMILES string of the molecule is CC1C(OP(=O)(O)O)[C@H](n2cnc3c(=O)[nH]c(N)nc32)O[C@@H]1CO[P+](=O)O. The molecule has 1 saturated heterocycles. The molecule has 1 aliphatic rings. The molecule has 3 unspecified atom stereocenters. The van der Waals surface area contributed by atoms with E-state index >= 15 is 0 Å². The van der Waals surface area contributed by atoms with Gasteiger partial charge in [0.05, 0.1) is 12.4 Å². The number of phosphoric acid groups is 1. The summed E-state index contributed by atoms with van der Waals surface area (Å²) in [6.07, 6.45) is -2.00. The molecule has 3 heterocycles. The van der Waals surface area contributed by atoms with Gasteiger partial charge in [-0.1, -0.05) is 6.92 Å². The van der Waals surface area contributed by atoms with Crippen molar-refractivity contribution in [3.63, 3.8) is 0 Å². The van der Waals surface area contributed by atoms with Crippen molar-refractivity contribution in [2.24, 2.45) is 5.92 Å². The van der Waals surface area contributed by atoms with Gasteiger partial charge in [0.1, 0.15) is 12.7 Å². The Balaban J connectivity index is 2.01. The van der Waals surface area contributed by atoms with Crippen molar-refractivity contribution in [1.82, 2.24) is 19.5 Å². The number of hydrogen-bond donors (Lipinski definition) is 5. The van der Waals surface area contributed by atoms with Gasteiger partial charge in [0.25, 0.3) is 5.56 Å². The lowest BCUT2D eigenvalue weighted by atomic mass is 10.0. The first-order valence-corrected chi connectivity index (χ1v) is 10.1. The molecule has 1 fully saturated rings. The molecule has 0 aromatic carbocycles. The van der Waals surface area contributed by atoms with Crippen molar-refractivity contribution in [3.05, 3.63) is 16.7 Å². The summed E-state index contributed by atoms with van der Waals surface area (Å²) >= 11 is 0. The number of anilines is 1. The molecule has 0 spiro atoms. The molecule has 16 heteroatoms. The Bertz CT molecular complexity index is 971. The molecule has 14 nitrogen and oxygen atoms in total. The van der Waals surface area contributed by atoms with Gasteiger partial charge in [-0.3, -0.25) is 18.9 Å². The fraction of sp³-hybridized carbons (Fsp3) is 0.545. The minimum Gasteiger partial charge on any atom is -0.369 e. The highest BCUT2D eigenvalue weighted by Gasteiger charge is 2.48. The van der Waals surface area contributed by atoms with Crippen LogP contribution >= 0.6 is 16.1 Å². The van der Waals surface area contributed by atoms with Gasteiger partial charge in [-0.2, -0.15) is 4.98 Å². The van der Waals surface area contributed by atoms with Gasteiger partial charge >= 0.3 is 16.1 Å². The molecule has 27 heavy (non-hydrogen) atoms. The lowest BCUT2D eigenvalue weighted by molar-refractivity contribution is -0.0454. The lowest BCUT2D eigenvalue weighted by Crippen LogP contribution is -2.28. The van der Waals surface area contributed by atoms with Crippen LogP contribution in [-0.2, 0) is 22.9 Å². The van der Waals surface area contributed by atoms with Gasteiger partial charge in [0, 0.05) is 10.5 Å². The minimum atomic E-state index is -4.91. The van der Waals surface area contributed by atoms with Crippen LogP contribution in [0.4, 0.5) is 5.95 Å². The van der Waals surface area contributed by atoms with Crippen molar-refractivity contribution in [1.29, 1.82) is 0 Å². The van der Waals surface area contributed by atoms with E-state index in [4.69, 9.17) is 19.9 Å². The number of H-pyrrole nitrogens is 1. The van der Waals surface area contributed by atoms with E-state index in [1.807, 2.05) is 0 Å². The van der Waals surface area contributed by atoms with Crippen molar-refractivity contribution < 1.29 is 37.6 Å². The second-order valence-electron chi connectivity index (χ2n) is 5.79. The standard InChI is InChI=1S/C11H15N5O9P2/c1-4-5(2-23-26(18)19)24-10(7(4)25-27(20,21)22)16-3-13-6-8(16)14-11(12)15-9(6)17/h3-5,7,10H,2H2,1H3,(H5-,12,14,15,17,18,19,20,21,22)/p+1/t4?,5-,7?,10-/m1/s1. The van der Waals surface area contributed by atoms with Gasteiger partial charge in [0.15, 0.2) is 17.4 Å². The van der Waals surface area contributed by atoms with E-state index in [0.29, 0.717) is 0 Å². The van der Waals surface area contributed by atoms with Crippen LogP contribution in [0.25, 0.3) is 11.2 Å². The summed E-state index contributed by atoms with van der Waals surface area (Å²) in [6, 6.07) is 0. The number of rotatable bonds is 6. The number of aromatic amines is 1. The molecule has 0 aliphatic carbocycles. The monoisotopic (exact) mass is 424 g/mol. The number of nitrogens with zero attached hydrogens (tertiary/aromatic N) is 3. The summed E-state index contributed by atoms with van der Waals surface area (Å²) in [4.78, 5) is 49.3. The van der Waals surface area contributed by atoms with Crippen molar-refractivity contribution in [2.75, 3.05) is 12.3 Å². The fourth-order valence-electron chi connectivity index (χ4n) is 2.84. The van der Waals surface area contributed by atoms with Crippen LogP contribution in [0.15, 0.2) is 11.1 Å². The fourth-order valence-corrected chi connectivity index (χ4v) is 3.73. The highest BCUT2D eigenvalue weighted by Crippen LogP contribution is 2.47. The van der Waals surface area contributed by atoms with Crippen molar-refractivity contribution >= 4 is 33.2 Å². The summed E-state index contributed by atoms with van der Waals surface area (Å²) < 4.78 is 38.6. The molecule has 0 amide bonds. The zero-order chi connectivity index (χ0) is 19.9. The van der Waals surface area contributed by atoms with Crippen LogP contribution in [0, 0.1) is 5.92 Å². The van der Waals surface area contributed by atoms with E-state index in [9.17, 15) is 23.7 Å². The van der Waals surface area contributed by atoms with Crippen molar-refractivity contribution in [3.8, 4) is 0 Å². The van der Waals surface area contributed by atoms with E-state index in [0.717, 1.165) is 0 Å². The second kappa shape index (κ2) is 7.34. The number of aromatic nitrogens is 4. The maximum atomic E-state index is 11.9.